The van der Waals surface area contributed by atoms with Gasteiger partial charge in [0.15, 0.2) is 5.65 Å². The Morgan fingerprint density at radius 2 is 2.14 bits per heavy atom. The Hall–Kier alpha value is -2.56. The lowest BCUT2D eigenvalue weighted by Crippen LogP contribution is -2.21. The number of para-hydroxylation sites is 1. The number of anilines is 1. The molecule has 0 aliphatic carbocycles. The van der Waals surface area contributed by atoms with Gasteiger partial charge in [0.25, 0.3) is 0 Å². The number of fused-ring (bicyclic) bond motifs is 2. The zero-order valence-corrected chi connectivity index (χ0v) is 11.8. The molecule has 3 heterocycles. The van der Waals surface area contributed by atoms with Gasteiger partial charge in [0.2, 0.25) is 5.95 Å². The molecule has 1 unspecified atom stereocenters. The van der Waals surface area contributed by atoms with Crippen LogP contribution in [-0.2, 0) is 0 Å². The molecule has 5 heteroatoms. The van der Waals surface area contributed by atoms with Crippen LogP contribution in [0.4, 0.5) is 5.95 Å². The van der Waals surface area contributed by atoms with Crippen LogP contribution in [0.25, 0.3) is 11.2 Å². The van der Waals surface area contributed by atoms with Crippen molar-refractivity contribution in [1.29, 1.82) is 0 Å². The summed E-state index contributed by atoms with van der Waals surface area (Å²) in [5.74, 6) is 1.43. The maximum absolute atomic E-state index is 6.18. The fraction of sp³-hybridized carbons (Fsp3) is 0.250. The van der Waals surface area contributed by atoms with Gasteiger partial charge in [-0.3, -0.25) is 4.57 Å². The lowest BCUT2D eigenvalue weighted by molar-refractivity contribution is 0.258. The molecule has 1 aliphatic heterocycles. The third-order valence-electron chi connectivity index (χ3n) is 4.05. The number of nitrogen functional groups attached to an aromatic ring is 1. The minimum absolute atomic E-state index is 0.120. The summed E-state index contributed by atoms with van der Waals surface area (Å²) in [6, 6.07) is 10.2. The number of nitrogens with two attached hydrogens (primary N) is 1. The molecule has 5 nitrogen and oxygen atoms in total. The van der Waals surface area contributed by atoms with Crippen LogP contribution in [0.15, 0.2) is 36.5 Å². The third kappa shape index (κ3) is 1.77. The first-order chi connectivity index (χ1) is 10.3. The smallest absolute Gasteiger partial charge is 0.203 e. The van der Waals surface area contributed by atoms with Crippen LogP contribution in [0.5, 0.6) is 5.75 Å². The maximum atomic E-state index is 6.18. The summed E-state index contributed by atoms with van der Waals surface area (Å²) in [7, 11) is 0. The number of aromatic nitrogens is 3. The van der Waals surface area contributed by atoms with Crippen molar-refractivity contribution < 1.29 is 4.74 Å². The van der Waals surface area contributed by atoms with Crippen LogP contribution in [0.3, 0.4) is 0 Å². The molecule has 1 aliphatic rings. The van der Waals surface area contributed by atoms with Crippen LogP contribution >= 0.6 is 0 Å². The molecule has 0 spiro atoms. The molecule has 1 atom stereocenters. The van der Waals surface area contributed by atoms with Crippen molar-refractivity contribution in [3.8, 4) is 5.75 Å². The van der Waals surface area contributed by atoms with Crippen LogP contribution in [0, 0.1) is 6.92 Å². The van der Waals surface area contributed by atoms with E-state index in [9.17, 15) is 0 Å². The number of rotatable bonds is 1. The zero-order valence-electron chi connectivity index (χ0n) is 11.8. The van der Waals surface area contributed by atoms with Gasteiger partial charge in [0.1, 0.15) is 11.3 Å². The summed E-state index contributed by atoms with van der Waals surface area (Å²) in [6.45, 7) is 2.70. The second-order valence-electron chi connectivity index (χ2n) is 5.33. The van der Waals surface area contributed by atoms with E-state index in [1.807, 2.05) is 35.8 Å². The van der Waals surface area contributed by atoms with Crippen LogP contribution in [0.1, 0.15) is 23.6 Å². The predicted octanol–water partition coefficient (Wildman–Crippen LogP) is 2.69. The van der Waals surface area contributed by atoms with Crippen molar-refractivity contribution in [2.24, 2.45) is 0 Å². The monoisotopic (exact) mass is 280 g/mol. The summed E-state index contributed by atoms with van der Waals surface area (Å²) in [6.07, 6.45) is 2.67. The molecule has 0 bridgehead atoms. The first-order valence-electron chi connectivity index (χ1n) is 7.06. The number of hydrogen-bond acceptors (Lipinski definition) is 4. The molecule has 2 aromatic heterocycles. The highest BCUT2D eigenvalue weighted by Crippen LogP contribution is 2.37. The van der Waals surface area contributed by atoms with Gasteiger partial charge in [0, 0.05) is 18.2 Å². The fourth-order valence-corrected chi connectivity index (χ4v) is 3.03. The van der Waals surface area contributed by atoms with Gasteiger partial charge in [-0.1, -0.05) is 18.2 Å². The van der Waals surface area contributed by atoms with E-state index in [4.69, 9.17) is 10.5 Å². The van der Waals surface area contributed by atoms with Gasteiger partial charge in [-0.05, 0) is 24.6 Å². The lowest BCUT2D eigenvalue weighted by atomic mass is 10.0. The number of pyridine rings is 1. The standard InChI is InChI=1S/C16H16N4O/c1-10-6-8-18-15-14(10)19-16(17)20(15)12-7-9-21-13-5-3-2-4-11(12)13/h2-6,8,12H,7,9H2,1H3,(H2,17,19). The predicted molar refractivity (Wildman–Crippen MR) is 81.4 cm³/mol. The average molecular weight is 280 g/mol. The van der Waals surface area contributed by atoms with Crippen molar-refractivity contribution in [3.63, 3.8) is 0 Å². The second-order valence-corrected chi connectivity index (χ2v) is 5.33. The Bertz CT molecular complexity index is 824. The molecule has 4 rings (SSSR count). The number of ether oxygens (including phenoxy) is 1. The molecule has 0 fully saturated rings. The van der Waals surface area contributed by atoms with E-state index in [1.165, 1.54) is 0 Å². The molecule has 2 N–H and O–H groups in total. The first-order valence-corrected chi connectivity index (χ1v) is 7.06. The number of aryl methyl sites for hydroxylation is 1. The Kier molecular flexibility index (Phi) is 2.60. The van der Waals surface area contributed by atoms with Crippen molar-refractivity contribution >= 4 is 17.1 Å². The zero-order chi connectivity index (χ0) is 14.4. The lowest BCUT2D eigenvalue weighted by Gasteiger charge is -2.27. The molecule has 0 saturated carbocycles. The van der Waals surface area contributed by atoms with E-state index in [2.05, 4.69) is 16.0 Å². The Morgan fingerprint density at radius 1 is 1.29 bits per heavy atom. The molecule has 106 valence electrons. The van der Waals surface area contributed by atoms with E-state index in [-0.39, 0.29) is 6.04 Å². The van der Waals surface area contributed by atoms with E-state index in [0.29, 0.717) is 12.6 Å². The highest BCUT2D eigenvalue weighted by molar-refractivity contribution is 5.78. The molecular weight excluding hydrogens is 264 g/mol. The van der Waals surface area contributed by atoms with Gasteiger partial charge in [0.05, 0.1) is 12.6 Å². The number of nitrogens with zero attached hydrogens (tertiary/aromatic N) is 3. The summed E-state index contributed by atoms with van der Waals surface area (Å²) >= 11 is 0. The normalized spacial score (nSPS) is 17.5. The molecule has 0 radical (unpaired) electrons. The van der Waals surface area contributed by atoms with E-state index in [0.717, 1.165) is 34.5 Å². The quantitative estimate of drug-likeness (QED) is 0.744. The van der Waals surface area contributed by atoms with Gasteiger partial charge in [-0.15, -0.1) is 0 Å². The fourth-order valence-electron chi connectivity index (χ4n) is 3.03. The SMILES string of the molecule is Cc1ccnc2c1nc(N)n2C1CCOc2ccccc21. The molecule has 1 aromatic carbocycles. The Balaban J connectivity index is 1.96. The highest BCUT2D eigenvalue weighted by Gasteiger charge is 2.26. The Labute approximate surface area is 122 Å². The van der Waals surface area contributed by atoms with Crippen LogP contribution in [-0.4, -0.2) is 21.1 Å². The van der Waals surface area contributed by atoms with Crippen LogP contribution < -0.4 is 10.5 Å². The highest BCUT2D eigenvalue weighted by atomic mass is 16.5. The van der Waals surface area contributed by atoms with Gasteiger partial charge >= 0.3 is 0 Å². The van der Waals surface area contributed by atoms with Gasteiger partial charge in [-0.25, -0.2) is 9.97 Å². The average Bonchev–Trinajstić information content (AvgIpc) is 2.84. The van der Waals surface area contributed by atoms with Gasteiger partial charge in [-0.2, -0.15) is 0 Å². The topological polar surface area (TPSA) is 66.0 Å². The Morgan fingerprint density at radius 3 is 3.05 bits per heavy atom. The van der Waals surface area contributed by atoms with E-state index >= 15 is 0 Å². The minimum Gasteiger partial charge on any atom is -0.493 e. The molecular formula is C16H16N4O. The summed E-state index contributed by atoms with van der Waals surface area (Å²) < 4.78 is 7.76. The summed E-state index contributed by atoms with van der Waals surface area (Å²) in [5.41, 5.74) is 10.1. The molecule has 0 saturated heterocycles. The third-order valence-corrected chi connectivity index (χ3v) is 4.05. The molecule has 0 amide bonds. The van der Waals surface area contributed by atoms with E-state index in [1.54, 1.807) is 6.20 Å². The van der Waals surface area contributed by atoms with Gasteiger partial charge < -0.3 is 10.5 Å². The minimum atomic E-state index is 0.120. The van der Waals surface area contributed by atoms with Crippen LogP contribution in [0.2, 0.25) is 0 Å². The van der Waals surface area contributed by atoms with Crippen molar-refractivity contribution in [2.45, 2.75) is 19.4 Å². The summed E-state index contributed by atoms with van der Waals surface area (Å²) in [5, 5.41) is 0. The van der Waals surface area contributed by atoms with Crippen molar-refractivity contribution in [2.75, 3.05) is 12.3 Å². The molecule has 3 aromatic rings. The number of benzene rings is 1. The largest absolute Gasteiger partial charge is 0.493 e. The number of hydrogen-bond donors (Lipinski definition) is 1. The second kappa shape index (κ2) is 4.48. The summed E-state index contributed by atoms with van der Waals surface area (Å²) in [4.78, 5) is 8.99. The molecule has 21 heavy (non-hydrogen) atoms. The first kappa shape index (κ1) is 12.2. The maximum Gasteiger partial charge on any atom is 0.203 e. The number of imidazole rings is 1. The van der Waals surface area contributed by atoms with Crippen molar-refractivity contribution in [3.05, 3.63) is 47.7 Å². The van der Waals surface area contributed by atoms with Crippen molar-refractivity contribution in [1.82, 2.24) is 14.5 Å². The van der Waals surface area contributed by atoms with E-state index < -0.39 is 0 Å².